The monoisotopic (exact) mass is 361 g/mol. The highest BCUT2D eigenvalue weighted by Gasteiger charge is 2.32. The maximum atomic E-state index is 13.0. The Morgan fingerprint density at radius 3 is 2.19 bits per heavy atom. The van der Waals surface area contributed by atoms with E-state index in [2.05, 4.69) is 10.4 Å². The summed E-state index contributed by atoms with van der Waals surface area (Å²) in [6.45, 7) is 7.27. The molecule has 1 amide bonds. The van der Waals surface area contributed by atoms with Crippen molar-refractivity contribution >= 4 is 11.6 Å². The van der Waals surface area contributed by atoms with E-state index in [0.29, 0.717) is 5.69 Å². The Balaban J connectivity index is 1.99. The highest BCUT2D eigenvalue weighted by Crippen LogP contribution is 2.23. The number of hydrogen-bond donors (Lipinski definition) is 1. The number of carbonyl (C=O) groups excluding carboxylic acids is 1. The zero-order valence-corrected chi connectivity index (χ0v) is 16.0. The number of amides is 1. The molecule has 0 unspecified atom stereocenters. The maximum absolute atomic E-state index is 13.0. The summed E-state index contributed by atoms with van der Waals surface area (Å²) >= 11 is 0. The van der Waals surface area contributed by atoms with Gasteiger partial charge in [0.1, 0.15) is 5.54 Å². The summed E-state index contributed by atoms with van der Waals surface area (Å²) < 4.78 is 1.25. The molecule has 0 saturated carbocycles. The van der Waals surface area contributed by atoms with E-state index in [0.717, 1.165) is 22.4 Å². The molecule has 0 aliphatic heterocycles. The molecule has 0 fully saturated rings. The van der Waals surface area contributed by atoms with Crippen molar-refractivity contribution in [3.63, 3.8) is 0 Å². The van der Waals surface area contributed by atoms with Crippen LogP contribution in [0.5, 0.6) is 0 Å². The minimum Gasteiger partial charge on any atom is -0.324 e. The lowest BCUT2D eigenvalue weighted by molar-refractivity contribution is -0.123. The first-order valence-corrected chi connectivity index (χ1v) is 8.84. The van der Waals surface area contributed by atoms with Gasteiger partial charge in [0.25, 0.3) is 11.5 Å². The van der Waals surface area contributed by atoms with Crippen molar-refractivity contribution in [1.82, 2.24) is 9.78 Å². The maximum Gasteiger partial charge on any atom is 0.267 e. The number of nitrogens with one attached hydrogen (secondary N) is 1. The van der Waals surface area contributed by atoms with E-state index in [9.17, 15) is 9.59 Å². The van der Waals surface area contributed by atoms with Gasteiger partial charge in [0.05, 0.1) is 5.69 Å². The van der Waals surface area contributed by atoms with E-state index in [1.54, 1.807) is 19.9 Å². The van der Waals surface area contributed by atoms with Crippen molar-refractivity contribution in [3.8, 4) is 11.3 Å². The highest BCUT2D eigenvalue weighted by atomic mass is 16.2. The third-order valence-corrected chi connectivity index (χ3v) is 4.67. The quantitative estimate of drug-likeness (QED) is 0.766. The number of nitrogens with zero attached hydrogens (tertiary/aromatic N) is 2. The van der Waals surface area contributed by atoms with E-state index >= 15 is 0 Å². The van der Waals surface area contributed by atoms with E-state index in [1.807, 2.05) is 62.4 Å². The van der Waals surface area contributed by atoms with Crippen LogP contribution in [0.3, 0.4) is 0 Å². The fourth-order valence-electron chi connectivity index (χ4n) is 2.95. The molecule has 0 aliphatic carbocycles. The number of aryl methyl sites for hydroxylation is 2. The first-order valence-electron chi connectivity index (χ1n) is 8.84. The minimum absolute atomic E-state index is 0.292. The Hall–Kier alpha value is -3.21. The highest BCUT2D eigenvalue weighted by molar-refractivity contribution is 5.97. The van der Waals surface area contributed by atoms with Crippen LogP contribution in [0.2, 0.25) is 0 Å². The first kappa shape index (κ1) is 18.6. The lowest BCUT2D eigenvalue weighted by Gasteiger charge is -2.26. The molecule has 2 aromatic carbocycles. The zero-order chi connectivity index (χ0) is 19.6. The van der Waals surface area contributed by atoms with Gasteiger partial charge in [-0.1, -0.05) is 48.5 Å². The van der Waals surface area contributed by atoms with Crippen molar-refractivity contribution in [2.24, 2.45) is 0 Å². The van der Waals surface area contributed by atoms with Gasteiger partial charge in [-0.25, -0.2) is 4.68 Å². The number of anilines is 1. The number of para-hydroxylation sites is 1. The van der Waals surface area contributed by atoms with Crippen molar-refractivity contribution in [2.45, 2.75) is 33.2 Å². The van der Waals surface area contributed by atoms with E-state index in [4.69, 9.17) is 0 Å². The second kappa shape index (κ2) is 7.19. The summed E-state index contributed by atoms with van der Waals surface area (Å²) in [6, 6.07) is 18.5. The average molecular weight is 361 g/mol. The SMILES string of the molecule is Cc1cccc(C)c1NC(=O)C(C)(C)n1nc(-c2ccccc2)ccc1=O. The predicted octanol–water partition coefficient (Wildman–Crippen LogP) is 3.90. The van der Waals surface area contributed by atoms with Crippen molar-refractivity contribution < 1.29 is 4.79 Å². The van der Waals surface area contributed by atoms with Crippen molar-refractivity contribution in [2.75, 3.05) is 5.32 Å². The third-order valence-electron chi connectivity index (χ3n) is 4.67. The second-order valence-electron chi connectivity index (χ2n) is 7.11. The summed E-state index contributed by atoms with van der Waals surface area (Å²) in [4.78, 5) is 25.5. The molecular formula is C22H23N3O2. The lowest BCUT2D eigenvalue weighted by atomic mass is 10.0. The summed E-state index contributed by atoms with van der Waals surface area (Å²) in [6.07, 6.45) is 0. The van der Waals surface area contributed by atoms with Crippen LogP contribution in [0, 0.1) is 13.8 Å². The molecule has 5 nitrogen and oxygen atoms in total. The van der Waals surface area contributed by atoms with Crippen LogP contribution in [0.4, 0.5) is 5.69 Å². The van der Waals surface area contributed by atoms with Gasteiger partial charge in [0.15, 0.2) is 0 Å². The van der Waals surface area contributed by atoms with Crippen LogP contribution >= 0.6 is 0 Å². The molecule has 0 radical (unpaired) electrons. The van der Waals surface area contributed by atoms with Crippen LogP contribution in [-0.2, 0) is 10.3 Å². The molecule has 3 aromatic rings. The number of rotatable bonds is 4. The van der Waals surface area contributed by atoms with Crippen LogP contribution in [-0.4, -0.2) is 15.7 Å². The Bertz CT molecular complexity index is 1020. The standard InChI is InChI=1S/C22H23N3O2/c1-15-9-8-10-16(2)20(15)23-21(27)22(3,4)25-19(26)14-13-18(24-25)17-11-6-5-7-12-17/h5-14H,1-4H3,(H,23,27). The summed E-state index contributed by atoms with van der Waals surface area (Å²) in [5.41, 5.74) is 2.76. The number of hydrogen-bond acceptors (Lipinski definition) is 3. The normalized spacial score (nSPS) is 11.3. The molecule has 27 heavy (non-hydrogen) atoms. The van der Waals surface area contributed by atoms with Gasteiger partial charge >= 0.3 is 0 Å². The van der Waals surface area contributed by atoms with E-state index in [1.165, 1.54) is 10.7 Å². The van der Waals surface area contributed by atoms with Gasteiger partial charge in [-0.05, 0) is 44.9 Å². The molecule has 3 rings (SSSR count). The van der Waals surface area contributed by atoms with Crippen LogP contribution in [0.1, 0.15) is 25.0 Å². The summed E-state index contributed by atoms with van der Waals surface area (Å²) in [7, 11) is 0. The molecule has 0 spiro atoms. The van der Waals surface area contributed by atoms with E-state index in [-0.39, 0.29) is 11.5 Å². The van der Waals surface area contributed by atoms with Gasteiger partial charge in [0, 0.05) is 17.3 Å². The van der Waals surface area contributed by atoms with Gasteiger partial charge in [-0.15, -0.1) is 0 Å². The van der Waals surface area contributed by atoms with Gasteiger partial charge in [-0.2, -0.15) is 5.10 Å². The number of aromatic nitrogens is 2. The smallest absolute Gasteiger partial charge is 0.267 e. The largest absolute Gasteiger partial charge is 0.324 e. The van der Waals surface area contributed by atoms with Crippen LogP contribution in [0.25, 0.3) is 11.3 Å². The molecular weight excluding hydrogens is 338 g/mol. The minimum atomic E-state index is -1.16. The summed E-state index contributed by atoms with van der Waals surface area (Å²) in [5, 5.41) is 7.43. The molecule has 0 atom stereocenters. The number of benzene rings is 2. The Labute approximate surface area is 158 Å². The Morgan fingerprint density at radius 2 is 1.56 bits per heavy atom. The molecule has 1 N–H and O–H groups in total. The predicted molar refractivity (Wildman–Crippen MR) is 108 cm³/mol. The summed E-state index contributed by atoms with van der Waals surface area (Å²) in [5.74, 6) is -0.292. The zero-order valence-electron chi connectivity index (χ0n) is 16.0. The fourth-order valence-corrected chi connectivity index (χ4v) is 2.95. The molecule has 138 valence electrons. The molecule has 0 saturated heterocycles. The second-order valence-corrected chi connectivity index (χ2v) is 7.11. The molecule has 1 aromatic heterocycles. The van der Waals surface area contributed by atoms with E-state index < -0.39 is 5.54 Å². The fraction of sp³-hybridized carbons (Fsp3) is 0.227. The van der Waals surface area contributed by atoms with Crippen molar-refractivity contribution in [3.05, 3.63) is 82.1 Å². The lowest BCUT2D eigenvalue weighted by Crippen LogP contribution is -2.47. The van der Waals surface area contributed by atoms with Crippen LogP contribution in [0.15, 0.2) is 65.5 Å². The van der Waals surface area contributed by atoms with Gasteiger partial charge in [-0.3, -0.25) is 9.59 Å². The number of carbonyl (C=O) groups is 1. The van der Waals surface area contributed by atoms with Gasteiger partial charge in [0.2, 0.25) is 0 Å². The topological polar surface area (TPSA) is 64.0 Å². The van der Waals surface area contributed by atoms with Gasteiger partial charge < -0.3 is 5.32 Å². The van der Waals surface area contributed by atoms with Crippen LogP contribution < -0.4 is 10.9 Å². The Morgan fingerprint density at radius 1 is 0.926 bits per heavy atom. The first-order chi connectivity index (χ1) is 12.8. The average Bonchev–Trinajstić information content (AvgIpc) is 2.65. The van der Waals surface area contributed by atoms with Crippen molar-refractivity contribution in [1.29, 1.82) is 0 Å². The molecule has 1 heterocycles. The molecule has 5 heteroatoms. The molecule has 0 aliphatic rings. The third kappa shape index (κ3) is 3.67. The Kier molecular flexibility index (Phi) is 4.95. The molecule has 0 bridgehead atoms.